The molecule has 0 unspecified atom stereocenters. The highest BCUT2D eigenvalue weighted by Gasteiger charge is 2.19. The number of benzene rings is 3. The molecule has 4 rings (SSSR count). The highest BCUT2D eigenvalue weighted by Crippen LogP contribution is 2.25. The largest absolute Gasteiger partial charge is 0.497 e. The smallest absolute Gasteiger partial charge is 0.274 e. The monoisotopic (exact) mass is 479 g/mol. The Morgan fingerprint density at radius 2 is 1.59 bits per heavy atom. The standard InChI is InChI=1S/C24H21N3O6S/c1-32-17-5-7-19(8-6-17)34(30,31)20-9-10-21-16(11-20)13-26-27(24(21)29)14-15-3-4-18(33-2)12-22(15)23(25)28/h3-13H,14H2,1-2H3,(H2,25,28). The maximum atomic E-state index is 13.0. The number of carbonyl (C=O) groups is 1. The fourth-order valence-electron chi connectivity index (χ4n) is 3.55. The van der Waals surface area contributed by atoms with Gasteiger partial charge in [0.25, 0.3) is 5.56 Å². The summed E-state index contributed by atoms with van der Waals surface area (Å²) in [6, 6.07) is 15.1. The van der Waals surface area contributed by atoms with E-state index in [0.717, 1.165) is 0 Å². The average molecular weight is 480 g/mol. The fourth-order valence-corrected chi connectivity index (χ4v) is 4.84. The van der Waals surface area contributed by atoms with Gasteiger partial charge in [-0.25, -0.2) is 13.1 Å². The van der Waals surface area contributed by atoms with Crippen molar-refractivity contribution in [1.82, 2.24) is 9.78 Å². The van der Waals surface area contributed by atoms with Gasteiger partial charge >= 0.3 is 0 Å². The second-order valence-corrected chi connectivity index (χ2v) is 9.37. The van der Waals surface area contributed by atoms with Crippen LogP contribution in [0.1, 0.15) is 15.9 Å². The number of nitrogens with zero attached hydrogens (tertiary/aromatic N) is 2. The molecular weight excluding hydrogens is 458 g/mol. The topological polar surface area (TPSA) is 131 Å². The lowest BCUT2D eigenvalue weighted by molar-refractivity contribution is 0.0999. The highest BCUT2D eigenvalue weighted by molar-refractivity contribution is 7.91. The molecule has 0 atom stereocenters. The van der Waals surface area contributed by atoms with Crippen molar-refractivity contribution in [3.8, 4) is 11.5 Å². The molecule has 9 nitrogen and oxygen atoms in total. The summed E-state index contributed by atoms with van der Waals surface area (Å²) in [5.74, 6) is 0.344. The van der Waals surface area contributed by atoms with Crippen molar-refractivity contribution in [2.45, 2.75) is 16.3 Å². The third kappa shape index (κ3) is 4.23. The van der Waals surface area contributed by atoms with E-state index in [1.54, 1.807) is 24.3 Å². The summed E-state index contributed by atoms with van der Waals surface area (Å²) >= 11 is 0. The minimum Gasteiger partial charge on any atom is -0.497 e. The SMILES string of the molecule is COc1ccc(S(=O)(=O)c2ccc3c(=O)n(Cc4ccc(OC)cc4C(N)=O)ncc3c2)cc1. The molecule has 0 radical (unpaired) electrons. The van der Waals surface area contributed by atoms with Gasteiger partial charge in [0.1, 0.15) is 11.5 Å². The molecule has 0 aliphatic rings. The van der Waals surface area contributed by atoms with Gasteiger partial charge in [-0.15, -0.1) is 0 Å². The zero-order valence-electron chi connectivity index (χ0n) is 18.4. The number of nitrogens with two attached hydrogens (primary N) is 1. The maximum Gasteiger partial charge on any atom is 0.274 e. The Morgan fingerprint density at radius 3 is 2.24 bits per heavy atom. The second-order valence-electron chi connectivity index (χ2n) is 7.42. The van der Waals surface area contributed by atoms with E-state index in [0.29, 0.717) is 22.4 Å². The molecule has 1 amide bonds. The number of hydrogen-bond acceptors (Lipinski definition) is 7. The third-order valence-electron chi connectivity index (χ3n) is 5.41. The Kier molecular flexibility index (Phi) is 6.08. The van der Waals surface area contributed by atoms with Gasteiger partial charge < -0.3 is 15.2 Å². The molecule has 0 bridgehead atoms. The van der Waals surface area contributed by atoms with E-state index in [2.05, 4.69) is 5.10 Å². The van der Waals surface area contributed by atoms with E-state index in [-0.39, 0.29) is 27.3 Å². The van der Waals surface area contributed by atoms with Crippen LogP contribution in [0.3, 0.4) is 0 Å². The van der Waals surface area contributed by atoms with Crippen LogP contribution in [0.5, 0.6) is 11.5 Å². The number of methoxy groups -OCH3 is 2. The van der Waals surface area contributed by atoms with Crippen molar-refractivity contribution in [1.29, 1.82) is 0 Å². The first-order valence-corrected chi connectivity index (χ1v) is 11.6. The van der Waals surface area contributed by atoms with Gasteiger partial charge in [0.15, 0.2) is 0 Å². The Hall–Kier alpha value is -4.18. The fraction of sp³-hybridized carbons (Fsp3) is 0.125. The van der Waals surface area contributed by atoms with E-state index in [1.165, 1.54) is 61.5 Å². The summed E-state index contributed by atoms with van der Waals surface area (Å²) in [4.78, 5) is 25.0. The van der Waals surface area contributed by atoms with Crippen LogP contribution in [-0.2, 0) is 16.4 Å². The highest BCUT2D eigenvalue weighted by atomic mass is 32.2. The summed E-state index contributed by atoms with van der Waals surface area (Å²) in [7, 11) is -0.838. The van der Waals surface area contributed by atoms with Gasteiger partial charge in [-0.05, 0) is 60.2 Å². The van der Waals surface area contributed by atoms with Crippen LogP contribution in [0, 0.1) is 0 Å². The number of aromatic nitrogens is 2. The molecule has 1 aromatic heterocycles. The predicted molar refractivity (Wildman–Crippen MR) is 125 cm³/mol. The van der Waals surface area contributed by atoms with E-state index >= 15 is 0 Å². The van der Waals surface area contributed by atoms with Crippen molar-refractivity contribution < 1.29 is 22.7 Å². The molecule has 4 aromatic rings. The maximum absolute atomic E-state index is 13.0. The lowest BCUT2D eigenvalue weighted by atomic mass is 10.1. The number of fused-ring (bicyclic) bond motifs is 1. The van der Waals surface area contributed by atoms with Gasteiger partial charge in [-0.3, -0.25) is 9.59 Å². The first-order chi connectivity index (χ1) is 16.2. The van der Waals surface area contributed by atoms with Crippen LogP contribution >= 0.6 is 0 Å². The van der Waals surface area contributed by atoms with Crippen molar-refractivity contribution >= 4 is 26.5 Å². The zero-order chi connectivity index (χ0) is 24.5. The molecule has 174 valence electrons. The molecule has 34 heavy (non-hydrogen) atoms. The van der Waals surface area contributed by atoms with Crippen molar-refractivity contribution in [3.63, 3.8) is 0 Å². The summed E-state index contributed by atoms with van der Waals surface area (Å²) < 4.78 is 37.4. The molecule has 10 heteroatoms. The van der Waals surface area contributed by atoms with Crippen LogP contribution in [0.2, 0.25) is 0 Å². The molecule has 0 saturated heterocycles. The third-order valence-corrected chi connectivity index (χ3v) is 7.17. The summed E-state index contributed by atoms with van der Waals surface area (Å²) in [5, 5.41) is 4.84. The predicted octanol–water partition coefficient (Wildman–Crippen LogP) is 2.39. The quantitative estimate of drug-likeness (QED) is 0.431. The number of hydrogen-bond donors (Lipinski definition) is 1. The number of carbonyl (C=O) groups excluding carboxylic acids is 1. The molecule has 0 saturated carbocycles. The Balaban J connectivity index is 1.72. The van der Waals surface area contributed by atoms with Crippen LogP contribution in [0.4, 0.5) is 0 Å². The van der Waals surface area contributed by atoms with Crippen molar-refractivity contribution in [2.24, 2.45) is 5.73 Å². The Bertz CT molecular complexity index is 1560. The number of primary amides is 1. The van der Waals surface area contributed by atoms with Crippen molar-refractivity contribution in [3.05, 3.63) is 88.3 Å². The molecule has 3 aromatic carbocycles. The number of ether oxygens (including phenoxy) is 2. The first-order valence-electron chi connectivity index (χ1n) is 10.1. The molecule has 0 fully saturated rings. The minimum absolute atomic E-state index is 0.00292. The summed E-state index contributed by atoms with van der Waals surface area (Å²) in [6.45, 7) is 0.00292. The van der Waals surface area contributed by atoms with Gasteiger partial charge in [0.05, 0.1) is 42.1 Å². The molecule has 0 aliphatic heterocycles. The number of amides is 1. The molecule has 1 heterocycles. The van der Waals surface area contributed by atoms with Gasteiger partial charge in [0, 0.05) is 10.9 Å². The van der Waals surface area contributed by atoms with Gasteiger partial charge in [0.2, 0.25) is 15.7 Å². The van der Waals surface area contributed by atoms with Gasteiger partial charge in [-0.2, -0.15) is 5.10 Å². The molecule has 2 N–H and O–H groups in total. The normalized spacial score (nSPS) is 11.4. The minimum atomic E-state index is -3.80. The van der Waals surface area contributed by atoms with E-state index < -0.39 is 21.3 Å². The zero-order valence-corrected chi connectivity index (χ0v) is 19.2. The summed E-state index contributed by atoms with van der Waals surface area (Å²) in [6.07, 6.45) is 1.41. The number of sulfone groups is 1. The summed E-state index contributed by atoms with van der Waals surface area (Å²) in [5.41, 5.74) is 5.76. The van der Waals surface area contributed by atoms with E-state index in [4.69, 9.17) is 15.2 Å². The second kappa shape index (κ2) is 8.99. The lowest BCUT2D eigenvalue weighted by Gasteiger charge is -2.11. The van der Waals surface area contributed by atoms with Crippen LogP contribution < -0.4 is 20.8 Å². The Labute approximate surface area is 195 Å². The van der Waals surface area contributed by atoms with Crippen LogP contribution in [-0.4, -0.2) is 38.3 Å². The van der Waals surface area contributed by atoms with Crippen LogP contribution in [0.15, 0.2) is 81.4 Å². The van der Waals surface area contributed by atoms with Crippen LogP contribution in [0.25, 0.3) is 10.8 Å². The number of rotatable bonds is 7. The van der Waals surface area contributed by atoms with Crippen molar-refractivity contribution in [2.75, 3.05) is 14.2 Å². The average Bonchev–Trinajstić information content (AvgIpc) is 2.85. The Morgan fingerprint density at radius 1 is 0.941 bits per heavy atom. The van der Waals surface area contributed by atoms with E-state index in [1.807, 2.05) is 0 Å². The molecule has 0 aliphatic carbocycles. The van der Waals surface area contributed by atoms with E-state index in [9.17, 15) is 18.0 Å². The molecular formula is C24H21N3O6S. The first kappa shape index (κ1) is 23.0. The lowest BCUT2D eigenvalue weighted by Crippen LogP contribution is -2.25. The van der Waals surface area contributed by atoms with Gasteiger partial charge in [-0.1, -0.05) is 6.07 Å². The molecule has 0 spiro atoms.